The molecule has 18 heavy (non-hydrogen) atoms. The average molecular weight is 299 g/mol. The number of nitrogens with one attached hydrogen (secondary N) is 1. The highest BCUT2D eigenvalue weighted by Gasteiger charge is 2.07. The molecule has 1 aromatic heterocycles. The largest absolute Gasteiger partial charge is 0.352 e. The second-order valence-corrected chi connectivity index (χ2v) is 6.16. The van der Waals surface area contributed by atoms with Crippen LogP contribution in [0.1, 0.15) is 0 Å². The first kappa shape index (κ1) is 13.4. The molecule has 0 bridgehead atoms. The number of hydrogen-bond donors (Lipinski definition) is 1. The lowest BCUT2D eigenvalue weighted by Crippen LogP contribution is -2.24. The van der Waals surface area contributed by atoms with E-state index in [-0.39, 0.29) is 5.91 Å². The fraction of sp³-hybridized carbons (Fsp3) is 0.167. The predicted molar refractivity (Wildman–Crippen MR) is 78.6 cm³/mol. The van der Waals surface area contributed by atoms with Gasteiger partial charge in [-0.05, 0) is 18.2 Å². The minimum absolute atomic E-state index is 0.0165. The molecule has 0 aliphatic carbocycles. The lowest BCUT2D eigenvalue weighted by Gasteiger charge is -1.99. The highest BCUT2D eigenvalue weighted by molar-refractivity contribution is 8.01. The first-order valence-corrected chi connectivity index (χ1v) is 7.43. The summed E-state index contributed by atoms with van der Waals surface area (Å²) >= 11 is 8.89. The van der Waals surface area contributed by atoms with Crippen molar-refractivity contribution in [3.63, 3.8) is 0 Å². The van der Waals surface area contributed by atoms with E-state index in [1.807, 2.05) is 18.2 Å². The highest BCUT2D eigenvalue weighted by Crippen LogP contribution is 2.30. The zero-order valence-corrected chi connectivity index (χ0v) is 11.9. The third-order valence-corrected chi connectivity index (χ3v) is 4.51. The Hall–Kier alpha value is -1.04. The molecule has 0 unspecified atom stereocenters. The van der Waals surface area contributed by atoms with Crippen LogP contribution in [0.4, 0.5) is 0 Å². The number of halogens is 1. The smallest absolute Gasteiger partial charge is 0.230 e. The number of benzene rings is 1. The van der Waals surface area contributed by atoms with Crippen molar-refractivity contribution in [1.82, 2.24) is 10.3 Å². The molecule has 0 radical (unpaired) electrons. The van der Waals surface area contributed by atoms with Crippen LogP contribution in [0.5, 0.6) is 0 Å². The van der Waals surface area contributed by atoms with E-state index in [1.54, 1.807) is 17.4 Å². The van der Waals surface area contributed by atoms with Crippen LogP contribution in [0.2, 0.25) is 5.02 Å². The number of carbonyl (C=O) groups excluding carboxylic acids is 1. The van der Waals surface area contributed by atoms with Gasteiger partial charge >= 0.3 is 0 Å². The molecule has 0 atom stereocenters. The first-order valence-electron chi connectivity index (χ1n) is 5.25. The van der Waals surface area contributed by atoms with Crippen molar-refractivity contribution in [2.45, 2.75) is 4.34 Å². The SMILES string of the molecule is C=CCNC(=O)CSc1nc2cc(Cl)ccc2s1. The van der Waals surface area contributed by atoms with Gasteiger partial charge in [-0.2, -0.15) is 0 Å². The third kappa shape index (κ3) is 3.48. The summed E-state index contributed by atoms with van der Waals surface area (Å²) in [5, 5.41) is 3.40. The summed E-state index contributed by atoms with van der Waals surface area (Å²) in [5.41, 5.74) is 0.876. The fourth-order valence-electron chi connectivity index (χ4n) is 1.31. The second-order valence-electron chi connectivity index (χ2n) is 3.47. The van der Waals surface area contributed by atoms with Gasteiger partial charge in [-0.1, -0.05) is 29.4 Å². The van der Waals surface area contributed by atoms with E-state index in [2.05, 4.69) is 16.9 Å². The summed E-state index contributed by atoms with van der Waals surface area (Å²) in [6.45, 7) is 4.04. The summed E-state index contributed by atoms with van der Waals surface area (Å²) in [5.74, 6) is 0.346. The maximum atomic E-state index is 11.4. The van der Waals surface area contributed by atoms with Crippen LogP contribution in [0.25, 0.3) is 10.2 Å². The van der Waals surface area contributed by atoms with Gasteiger partial charge in [0.1, 0.15) is 0 Å². The topological polar surface area (TPSA) is 42.0 Å². The van der Waals surface area contributed by atoms with Gasteiger partial charge in [0.15, 0.2) is 4.34 Å². The lowest BCUT2D eigenvalue weighted by atomic mass is 10.3. The summed E-state index contributed by atoms with van der Waals surface area (Å²) in [6.07, 6.45) is 1.66. The molecule has 2 aromatic rings. The van der Waals surface area contributed by atoms with Gasteiger partial charge < -0.3 is 5.32 Å². The minimum atomic E-state index is -0.0165. The molecule has 94 valence electrons. The van der Waals surface area contributed by atoms with Crippen molar-refractivity contribution in [3.05, 3.63) is 35.9 Å². The van der Waals surface area contributed by atoms with Gasteiger partial charge in [0, 0.05) is 11.6 Å². The Balaban J connectivity index is 1.99. The molecule has 0 spiro atoms. The van der Waals surface area contributed by atoms with Crippen LogP contribution in [0, 0.1) is 0 Å². The van der Waals surface area contributed by atoms with Crippen molar-refractivity contribution < 1.29 is 4.79 Å². The van der Waals surface area contributed by atoms with Crippen molar-refractivity contribution in [2.75, 3.05) is 12.3 Å². The Morgan fingerprint density at radius 3 is 3.22 bits per heavy atom. The molecule has 0 fully saturated rings. The van der Waals surface area contributed by atoms with Crippen LogP contribution >= 0.6 is 34.7 Å². The maximum absolute atomic E-state index is 11.4. The standard InChI is InChI=1S/C12H11ClN2OS2/c1-2-5-14-11(16)7-17-12-15-9-6-8(13)3-4-10(9)18-12/h2-4,6H,1,5,7H2,(H,14,16). The van der Waals surface area contributed by atoms with Gasteiger partial charge in [0.2, 0.25) is 5.91 Å². The summed E-state index contributed by atoms with van der Waals surface area (Å²) in [4.78, 5) is 15.8. The number of aromatic nitrogens is 1. The molecule has 6 heteroatoms. The Bertz CT molecular complexity index is 582. The van der Waals surface area contributed by atoms with Crippen molar-refractivity contribution >= 4 is 50.8 Å². The molecule has 2 rings (SSSR count). The van der Waals surface area contributed by atoms with Gasteiger partial charge in [-0.3, -0.25) is 4.79 Å². The molecular weight excluding hydrogens is 288 g/mol. The molecule has 1 heterocycles. The zero-order valence-electron chi connectivity index (χ0n) is 9.48. The van der Waals surface area contributed by atoms with E-state index in [1.165, 1.54) is 11.8 Å². The number of hydrogen-bond acceptors (Lipinski definition) is 4. The van der Waals surface area contributed by atoms with Crippen LogP contribution in [-0.2, 0) is 4.79 Å². The van der Waals surface area contributed by atoms with E-state index in [0.717, 1.165) is 14.6 Å². The quantitative estimate of drug-likeness (QED) is 0.680. The summed E-state index contributed by atoms with van der Waals surface area (Å²) < 4.78 is 1.95. The monoisotopic (exact) mass is 298 g/mol. The average Bonchev–Trinajstić information content (AvgIpc) is 2.75. The summed E-state index contributed by atoms with van der Waals surface area (Å²) in [6, 6.07) is 5.61. The van der Waals surface area contributed by atoms with Crippen LogP contribution in [0.15, 0.2) is 35.2 Å². The van der Waals surface area contributed by atoms with Crippen LogP contribution in [-0.4, -0.2) is 23.2 Å². The summed E-state index contributed by atoms with van der Waals surface area (Å²) in [7, 11) is 0. The fourth-order valence-corrected chi connectivity index (χ4v) is 3.35. The maximum Gasteiger partial charge on any atom is 0.230 e. The van der Waals surface area contributed by atoms with E-state index in [0.29, 0.717) is 17.3 Å². The normalized spacial score (nSPS) is 10.5. The highest BCUT2D eigenvalue weighted by atomic mass is 35.5. The van der Waals surface area contributed by atoms with Gasteiger partial charge in [0.05, 0.1) is 16.0 Å². The van der Waals surface area contributed by atoms with Crippen molar-refractivity contribution in [3.8, 4) is 0 Å². The van der Waals surface area contributed by atoms with E-state index in [9.17, 15) is 4.79 Å². The number of amides is 1. The van der Waals surface area contributed by atoms with Crippen molar-refractivity contribution in [1.29, 1.82) is 0 Å². The van der Waals surface area contributed by atoms with E-state index >= 15 is 0 Å². The Labute approximate surface area is 118 Å². The number of carbonyl (C=O) groups is 1. The van der Waals surface area contributed by atoms with E-state index in [4.69, 9.17) is 11.6 Å². The Morgan fingerprint density at radius 2 is 2.44 bits per heavy atom. The van der Waals surface area contributed by atoms with Gasteiger partial charge in [-0.25, -0.2) is 4.98 Å². The van der Waals surface area contributed by atoms with Crippen LogP contribution in [0.3, 0.4) is 0 Å². The number of rotatable bonds is 5. The van der Waals surface area contributed by atoms with E-state index < -0.39 is 0 Å². The van der Waals surface area contributed by atoms with Gasteiger partial charge in [-0.15, -0.1) is 17.9 Å². The third-order valence-electron chi connectivity index (χ3n) is 2.10. The molecule has 3 nitrogen and oxygen atoms in total. The molecule has 0 aliphatic heterocycles. The second kappa shape index (κ2) is 6.22. The molecule has 0 aliphatic rings. The Kier molecular flexibility index (Phi) is 4.63. The minimum Gasteiger partial charge on any atom is -0.352 e. The van der Waals surface area contributed by atoms with Crippen LogP contribution < -0.4 is 5.32 Å². The molecule has 0 saturated heterocycles. The number of nitrogens with zero attached hydrogens (tertiary/aromatic N) is 1. The zero-order chi connectivity index (χ0) is 13.0. The first-order chi connectivity index (χ1) is 8.69. The Morgan fingerprint density at radius 1 is 1.61 bits per heavy atom. The molecular formula is C12H11ClN2OS2. The molecule has 1 N–H and O–H groups in total. The molecule has 1 amide bonds. The molecule has 0 saturated carbocycles. The van der Waals surface area contributed by atoms with Crippen molar-refractivity contribution in [2.24, 2.45) is 0 Å². The number of thiazole rings is 1. The molecule has 1 aromatic carbocycles. The van der Waals surface area contributed by atoms with Gasteiger partial charge in [0.25, 0.3) is 0 Å². The number of thioether (sulfide) groups is 1. The number of fused-ring (bicyclic) bond motifs is 1. The predicted octanol–water partition coefficient (Wildman–Crippen LogP) is 3.34. The lowest BCUT2D eigenvalue weighted by molar-refractivity contribution is -0.118.